The van der Waals surface area contributed by atoms with E-state index in [1.165, 1.54) is 11.3 Å². The first-order chi connectivity index (χ1) is 8.17. The first-order valence-corrected chi connectivity index (χ1v) is 6.72. The lowest BCUT2D eigenvalue weighted by Gasteiger charge is -2.06. The summed E-state index contributed by atoms with van der Waals surface area (Å²) in [4.78, 5) is 15.8. The summed E-state index contributed by atoms with van der Waals surface area (Å²) >= 11 is 1.44. The number of amides is 2. The highest BCUT2D eigenvalue weighted by Crippen LogP contribution is 2.19. The second kappa shape index (κ2) is 7.24. The summed E-state index contributed by atoms with van der Waals surface area (Å²) < 4.78 is 0. The third-order valence-electron chi connectivity index (χ3n) is 2.43. The lowest BCUT2D eigenvalue weighted by atomic mass is 10.3. The topological polar surface area (TPSA) is 66.0 Å². The fourth-order valence-electron chi connectivity index (χ4n) is 1.21. The SMILES string of the molecule is CCCCNC(=O)Nc1nc(C(C)NC)cs1. The number of carbonyl (C=O) groups excluding carboxylic acids is 1. The van der Waals surface area contributed by atoms with Gasteiger partial charge in [-0.05, 0) is 20.4 Å². The van der Waals surface area contributed by atoms with Crippen LogP contribution in [0.1, 0.15) is 38.4 Å². The van der Waals surface area contributed by atoms with Crippen molar-refractivity contribution in [2.24, 2.45) is 0 Å². The molecular formula is C11H20N4OS. The lowest BCUT2D eigenvalue weighted by Crippen LogP contribution is -2.29. The second-order valence-electron chi connectivity index (χ2n) is 3.82. The van der Waals surface area contributed by atoms with Crippen LogP contribution in [0.15, 0.2) is 5.38 Å². The van der Waals surface area contributed by atoms with Gasteiger partial charge in [0.25, 0.3) is 0 Å². The molecule has 1 heterocycles. The molecule has 0 radical (unpaired) electrons. The molecule has 3 N–H and O–H groups in total. The largest absolute Gasteiger partial charge is 0.338 e. The van der Waals surface area contributed by atoms with E-state index in [1.807, 2.05) is 19.4 Å². The maximum atomic E-state index is 11.5. The minimum absolute atomic E-state index is 0.184. The molecule has 5 nitrogen and oxygen atoms in total. The van der Waals surface area contributed by atoms with Crippen LogP contribution >= 0.6 is 11.3 Å². The summed E-state index contributed by atoms with van der Waals surface area (Å²) in [6.45, 7) is 4.82. The Morgan fingerprint density at radius 2 is 2.35 bits per heavy atom. The van der Waals surface area contributed by atoms with E-state index in [-0.39, 0.29) is 12.1 Å². The molecule has 0 spiro atoms. The predicted octanol–water partition coefficient (Wildman–Crippen LogP) is 2.35. The van der Waals surface area contributed by atoms with Gasteiger partial charge in [0.15, 0.2) is 5.13 Å². The van der Waals surface area contributed by atoms with E-state index in [0.717, 1.165) is 18.5 Å². The minimum atomic E-state index is -0.184. The van der Waals surface area contributed by atoms with Crippen molar-refractivity contribution in [1.82, 2.24) is 15.6 Å². The normalized spacial score (nSPS) is 12.2. The highest BCUT2D eigenvalue weighted by Gasteiger charge is 2.09. The quantitative estimate of drug-likeness (QED) is 0.684. The van der Waals surface area contributed by atoms with Gasteiger partial charge in [-0.25, -0.2) is 9.78 Å². The summed E-state index contributed by atoms with van der Waals surface area (Å²) in [5, 5.41) is 11.2. The van der Waals surface area contributed by atoms with Gasteiger partial charge in [0, 0.05) is 18.0 Å². The number of rotatable bonds is 6. The van der Waals surface area contributed by atoms with E-state index in [2.05, 4.69) is 27.9 Å². The lowest BCUT2D eigenvalue weighted by molar-refractivity contribution is 0.252. The van der Waals surface area contributed by atoms with Gasteiger partial charge in [-0.15, -0.1) is 11.3 Å². The zero-order valence-electron chi connectivity index (χ0n) is 10.5. The maximum absolute atomic E-state index is 11.5. The number of nitrogens with one attached hydrogen (secondary N) is 3. The molecule has 2 amide bonds. The molecule has 0 saturated heterocycles. The zero-order chi connectivity index (χ0) is 12.7. The minimum Gasteiger partial charge on any atom is -0.338 e. The molecule has 1 aromatic heterocycles. The molecular weight excluding hydrogens is 236 g/mol. The van der Waals surface area contributed by atoms with Crippen molar-refractivity contribution in [2.45, 2.75) is 32.7 Å². The number of anilines is 1. The Labute approximate surface area is 106 Å². The van der Waals surface area contributed by atoms with E-state index in [4.69, 9.17) is 0 Å². The van der Waals surface area contributed by atoms with Crippen LogP contribution in [-0.4, -0.2) is 24.6 Å². The molecule has 0 aliphatic carbocycles. The summed E-state index contributed by atoms with van der Waals surface area (Å²) in [7, 11) is 1.88. The van der Waals surface area contributed by atoms with Crippen LogP contribution in [0.25, 0.3) is 0 Å². The first-order valence-electron chi connectivity index (χ1n) is 5.85. The second-order valence-corrected chi connectivity index (χ2v) is 4.68. The summed E-state index contributed by atoms with van der Waals surface area (Å²) in [5.41, 5.74) is 0.946. The zero-order valence-corrected chi connectivity index (χ0v) is 11.4. The van der Waals surface area contributed by atoms with E-state index >= 15 is 0 Å². The van der Waals surface area contributed by atoms with Crippen molar-refractivity contribution in [3.05, 3.63) is 11.1 Å². The molecule has 96 valence electrons. The number of carbonyl (C=O) groups is 1. The van der Waals surface area contributed by atoms with Gasteiger partial charge in [0.1, 0.15) is 0 Å². The van der Waals surface area contributed by atoms with Crippen molar-refractivity contribution in [1.29, 1.82) is 0 Å². The average Bonchev–Trinajstić information content (AvgIpc) is 2.77. The Bertz CT molecular complexity index is 353. The summed E-state index contributed by atoms with van der Waals surface area (Å²) in [5.74, 6) is 0. The fraction of sp³-hybridized carbons (Fsp3) is 0.636. The highest BCUT2D eigenvalue weighted by molar-refractivity contribution is 7.13. The van der Waals surface area contributed by atoms with Crippen LogP contribution in [0.5, 0.6) is 0 Å². The van der Waals surface area contributed by atoms with Gasteiger partial charge in [-0.3, -0.25) is 5.32 Å². The van der Waals surface area contributed by atoms with Crippen LogP contribution in [0.3, 0.4) is 0 Å². The molecule has 6 heteroatoms. The average molecular weight is 256 g/mol. The molecule has 0 bridgehead atoms. The van der Waals surface area contributed by atoms with Crippen LogP contribution < -0.4 is 16.0 Å². The summed E-state index contributed by atoms with van der Waals surface area (Å²) in [6.07, 6.45) is 2.06. The van der Waals surface area contributed by atoms with Crippen molar-refractivity contribution in [2.75, 3.05) is 18.9 Å². The number of aromatic nitrogens is 1. The molecule has 1 atom stereocenters. The van der Waals surface area contributed by atoms with E-state index in [9.17, 15) is 4.79 Å². The molecule has 0 fully saturated rings. The van der Waals surface area contributed by atoms with Gasteiger partial charge >= 0.3 is 6.03 Å². The van der Waals surface area contributed by atoms with Crippen LogP contribution in [0.4, 0.5) is 9.93 Å². The van der Waals surface area contributed by atoms with Crippen molar-refractivity contribution < 1.29 is 4.79 Å². The standard InChI is InChI=1S/C11H20N4OS/c1-4-5-6-13-10(16)15-11-14-9(7-17-11)8(2)12-3/h7-8,12H,4-6H2,1-3H3,(H2,13,14,15,16). The van der Waals surface area contributed by atoms with E-state index in [1.54, 1.807) is 0 Å². The van der Waals surface area contributed by atoms with Crippen molar-refractivity contribution in [3.8, 4) is 0 Å². The van der Waals surface area contributed by atoms with E-state index in [0.29, 0.717) is 11.7 Å². The van der Waals surface area contributed by atoms with Crippen molar-refractivity contribution >= 4 is 22.5 Å². The van der Waals surface area contributed by atoms with Gasteiger partial charge in [0.05, 0.1) is 5.69 Å². The Kier molecular flexibility index (Phi) is 5.93. The number of hydrogen-bond donors (Lipinski definition) is 3. The third kappa shape index (κ3) is 4.70. The Morgan fingerprint density at radius 1 is 1.59 bits per heavy atom. The Balaban J connectivity index is 2.40. The number of unbranched alkanes of at least 4 members (excludes halogenated alkanes) is 1. The molecule has 1 aromatic rings. The molecule has 1 rings (SSSR count). The van der Waals surface area contributed by atoms with Gasteiger partial charge in [-0.2, -0.15) is 0 Å². The van der Waals surface area contributed by atoms with Gasteiger partial charge < -0.3 is 10.6 Å². The Hall–Kier alpha value is -1.14. The molecule has 0 aromatic carbocycles. The molecule has 17 heavy (non-hydrogen) atoms. The van der Waals surface area contributed by atoms with Crippen molar-refractivity contribution in [3.63, 3.8) is 0 Å². The molecule has 0 aliphatic heterocycles. The molecule has 0 aliphatic rings. The number of urea groups is 1. The highest BCUT2D eigenvalue weighted by atomic mass is 32.1. The summed E-state index contributed by atoms with van der Waals surface area (Å²) in [6, 6.07) is 0.0152. The molecule has 0 saturated carbocycles. The van der Waals surface area contributed by atoms with Crippen LogP contribution in [-0.2, 0) is 0 Å². The number of thiazole rings is 1. The predicted molar refractivity (Wildman–Crippen MR) is 71.5 cm³/mol. The van der Waals surface area contributed by atoms with Crippen LogP contribution in [0, 0.1) is 0 Å². The number of hydrogen-bond acceptors (Lipinski definition) is 4. The smallest absolute Gasteiger partial charge is 0.321 e. The van der Waals surface area contributed by atoms with Gasteiger partial charge in [0.2, 0.25) is 0 Å². The van der Waals surface area contributed by atoms with Crippen LogP contribution in [0.2, 0.25) is 0 Å². The molecule has 1 unspecified atom stereocenters. The maximum Gasteiger partial charge on any atom is 0.321 e. The third-order valence-corrected chi connectivity index (χ3v) is 3.21. The number of nitrogens with zero attached hydrogens (tertiary/aromatic N) is 1. The van der Waals surface area contributed by atoms with Gasteiger partial charge in [-0.1, -0.05) is 13.3 Å². The monoisotopic (exact) mass is 256 g/mol. The van der Waals surface area contributed by atoms with E-state index < -0.39 is 0 Å². The fourth-order valence-corrected chi connectivity index (χ4v) is 2.01. The Morgan fingerprint density at radius 3 is 3.00 bits per heavy atom. The first kappa shape index (κ1) is 13.9.